The van der Waals surface area contributed by atoms with Crippen molar-refractivity contribution in [1.29, 1.82) is 0 Å². The number of halogens is 1. The summed E-state index contributed by atoms with van der Waals surface area (Å²) in [5, 5.41) is 16.3. The van der Waals surface area contributed by atoms with Crippen LogP contribution in [0.5, 0.6) is 0 Å². The largest absolute Gasteiger partial charge is 0.417 e. The van der Waals surface area contributed by atoms with Gasteiger partial charge in [-0.3, -0.25) is 4.79 Å². The Morgan fingerprint density at radius 2 is 1.59 bits per heavy atom. The van der Waals surface area contributed by atoms with Crippen LogP contribution in [0.25, 0.3) is 0 Å². The fourth-order valence-corrected chi connectivity index (χ4v) is 7.33. The van der Waals surface area contributed by atoms with Crippen LogP contribution in [-0.4, -0.2) is 53.8 Å². The maximum Gasteiger partial charge on any atom is 0.417 e. The van der Waals surface area contributed by atoms with E-state index in [-0.39, 0.29) is 10.8 Å². The van der Waals surface area contributed by atoms with Gasteiger partial charge in [0.05, 0.1) is 5.60 Å². The molecule has 0 spiro atoms. The number of rotatable bonds is 3. The maximum atomic E-state index is 14.3. The lowest BCUT2D eigenvalue weighted by molar-refractivity contribution is -0.191. The highest BCUT2D eigenvalue weighted by Crippen LogP contribution is 2.61. The number of ether oxygens (including phenoxy) is 1. The van der Waals surface area contributed by atoms with E-state index in [2.05, 4.69) is 33.0 Å². The number of nitrogens with zero attached hydrogens (tertiary/aromatic N) is 1. The van der Waals surface area contributed by atoms with E-state index in [0.717, 1.165) is 6.42 Å². The van der Waals surface area contributed by atoms with Crippen molar-refractivity contribution in [3.8, 4) is 0 Å². The van der Waals surface area contributed by atoms with E-state index < -0.39 is 28.5 Å². The summed E-state index contributed by atoms with van der Waals surface area (Å²) in [4.78, 5) is 28.9. The molecule has 6 nitrogen and oxygen atoms in total. The third-order valence-corrected chi connectivity index (χ3v) is 7.68. The molecule has 190 valence electrons. The minimum atomic E-state index is -1.52. The number of carbonyl (C=O) groups is 2. The van der Waals surface area contributed by atoms with Crippen LogP contribution in [0.4, 0.5) is 4.79 Å². The molecule has 0 aromatic heterocycles. The molecule has 0 radical (unpaired) electrons. The number of carbonyl (C=O) groups excluding carboxylic acids is 2. The molecular weight excluding hydrogens is 452 g/mol. The lowest BCUT2D eigenvalue weighted by atomic mass is 9.45. The Balaban J connectivity index is 2.21. The summed E-state index contributed by atoms with van der Waals surface area (Å²) in [5.74, 6) is -0.721. The van der Waals surface area contributed by atoms with Gasteiger partial charge in [0, 0.05) is 31.2 Å². The summed E-state index contributed by atoms with van der Waals surface area (Å²) in [6, 6.07) is 7.08. The highest BCUT2D eigenvalue weighted by molar-refractivity contribution is 6.30. The number of piperazine rings is 1. The van der Waals surface area contributed by atoms with E-state index in [9.17, 15) is 14.7 Å². The zero-order valence-corrected chi connectivity index (χ0v) is 22.5. The average molecular weight is 493 g/mol. The summed E-state index contributed by atoms with van der Waals surface area (Å²) in [5.41, 5.74) is -3.67. The molecule has 34 heavy (non-hydrogen) atoms. The third kappa shape index (κ3) is 5.00. The quantitative estimate of drug-likeness (QED) is 0.450. The molecule has 0 bridgehead atoms. The van der Waals surface area contributed by atoms with Crippen molar-refractivity contribution in [3.63, 3.8) is 0 Å². The van der Waals surface area contributed by atoms with E-state index in [1.165, 1.54) is 0 Å². The summed E-state index contributed by atoms with van der Waals surface area (Å²) in [6.07, 6.45) is 1.03. The monoisotopic (exact) mass is 492 g/mol. The van der Waals surface area contributed by atoms with Crippen molar-refractivity contribution < 1.29 is 19.4 Å². The van der Waals surface area contributed by atoms with Gasteiger partial charge in [0.15, 0.2) is 0 Å². The Hall–Kier alpha value is -1.63. The zero-order chi connectivity index (χ0) is 25.6. The predicted octanol–water partition coefficient (Wildman–Crippen LogP) is 5.16. The van der Waals surface area contributed by atoms with Crippen molar-refractivity contribution >= 4 is 23.7 Å². The molecule has 2 N–H and O–H groups in total. The normalized spacial score (nSPS) is 23.6. The number of nitrogens with one attached hydrogen (secondary N) is 1. The average Bonchev–Trinajstić information content (AvgIpc) is 2.64. The Bertz CT molecular complexity index is 915. The van der Waals surface area contributed by atoms with E-state index >= 15 is 0 Å². The lowest BCUT2D eigenvalue weighted by Crippen LogP contribution is -2.68. The van der Waals surface area contributed by atoms with Crippen LogP contribution in [0.3, 0.4) is 0 Å². The second-order valence-electron chi connectivity index (χ2n) is 12.8. The number of hydrogen-bond acceptors (Lipinski definition) is 5. The van der Waals surface area contributed by atoms with Crippen molar-refractivity contribution in [2.75, 3.05) is 26.2 Å². The molecule has 7 heteroatoms. The molecule has 2 aliphatic rings. The summed E-state index contributed by atoms with van der Waals surface area (Å²) < 4.78 is 5.65. The Morgan fingerprint density at radius 1 is 1.03 bits per heavy atom. The summed E-state index contributed by atoms with van der Waals surface area (Å²) >= 11 is 6.41. The van der Waals surface area contributed by atoms with Gasteiger partial charge in [-0.1, -0.05) is 72.2 Å². The van der Waals surface area contributed by atoms with Gasteiger partial charge in [-0.05, 0) is 53.2 Å². The first kappa shape index (κ1) is 27.0. The first-order valence-corrected chi connectivity index (χ1v) is 12.6. The highest BCUT2D eigenvalue weighted by atomic mass is 35.5. The molecule has 1 unspecified atom stereocenters. The van der Waals surface area contributed by atoms with Crippen LogP contribution in [0.2, 0.25) is 5.02 Å². The third-order valence-electron chi connectivity index (χ3n) is 7.44. The molecule has 1 atom stereocenters. The molecule has 1 aromatic rings. The predicted molar refractivity (Wildman–Crippen MR) is 135 cm³/mol. The summed E-state index contributed by atoms with van der Waals surface area (Å²) in [7, 11) is 0. The van der Waals surface area contributed by atoms with Crippen molar-refractivity contribution in [2.24, 2.45) is 16.2 Å². The Labute approximate surface area is 209 Å². The first-order chi connectivity index (χ1) is 15.5. The van der Waals surface area contributed by atoms with E-state index in [1.807, 2.05) is 26.8 Å². The number of benzene rings is 1. The first-order valence-electron chi connectivity index (χ1n) is 12.2. The second-order valence-corrected chi connectivity index (χ2v) is 13.2. The molecular formula is C27H41ClN2O4. The van der Waals surface area contributed by atoms with Gasteiger partial charge in [0.1, 0.15) is 5.41 Å². The molecule has 2 fully saturated rings. The van der Waals surface area contributed by atoms with E-state index in [0.29, 0.717) is 49.6 Å². The zero-order valence-electron chi connectivity index (χ0n) is 21.8. The molecule has 3 rings (SSSR count). The Morgan fingerprint density at radius 3 is 2.09 bits per heavy atom. The van der Waals surface area contributed by atoms with Crippen LogP contribution >= 0.6 is 11.6 Å². The van der Waals surface area contributed by atoms with Crippen molar-refractivity contribution in [1.82, 2.24) is 10.2 Å². The van der Waals surface area contributed by atoms with E-state index in [4.69, 9.17) is 16.3 Å². The second kappa shape index (κ2) is 9.11. The molecule has 1 aliphatic heterocycles. The summed E-state index contributed by atoms with van der Waals surface area (Å²) in [6.45, 7) is 16.5. The molecule has 1 amide bonds. The fraction of sp³-hybridized carbons (Fsp3) is 0.704. The van der Waals surface area contributed by atoms with Crippen molar-refractivity contribution in [2.45, 2.75) is 78.7 Å². The van der Waals surface area contributed by atoms with Crippen LogP contribution < -0.4 is 5.32 Å². The van der Waals surface area contributed by atoms with Crippen LogP contribution in [0.15, 0.2) is 24.3 Å². The van der Waals surface area contributed by atoms with Gasteiger partial charge in [0.25, 0.3) is 0 Å². The minimum Gasteiger partial charge on any atom is -0.388 e. The van der Waals surface area contributed by atoms with Crippen molar-refractivity contribution in [3.05, 3.63) is 34.9 Å². The van der Waals surface area contributed by atoms with E-state index in [1.54, 1.807) is 23.1 Å². The standard InChI is InChI=1S/C27H41ClN2O4/c1-23(2,3)27(19-9-8-10-20(28)15-19,21(31)34-22(32)30-13-11-29-12-14-30)26(33)17-24(4,5)16-25(6,7)18-26/h8-10,15,29,33H,11-14,16-18H2,1-7H3. The molecule has 1 aromatic carbocycles. The van der Waals surface area contributed by atoms with Gasteiger partial charge >= 0.3 is 12.1 Å². The topological polar surface area (TPSA) is 78.9 Å². The molecule has 1 aliphatic carbocycles. The molecule has 1 saturated heterocycles. The van der Waals surface area contributed by atoms with Gasteiger partial charge in [-0.25, -0.2) is 4.79 Å². The van der Waals surface area contributed by atoms with Gasteiger partial charge in [-0.15, -0.1) is 0 Å². The molecule has 1 saturated carbocycles. The highest BCUT2D eigenvalue weighted by Gasteiger charge is 2.68. The number of aliphatic hydroxyl groups is 1. The minimum absolute atomic E-state index is 0.228. The van der Waals surface area contributed by atoms with Gasteiger partial charge < -0.3 is 20.1 Å². The van der Waals surface area contributed by atoms with Crippen LogP contribution in [0.1, 0.15) is 73.3 Å². The number of esters is 1. The Kier molecular flexibility index (Phi) is 7.22. The lowest BCUT2D eigenvalue weighted by Gasteiger charge is -2.60. The number of hydrogen-bond donors (Lipinski definition) is 2. The smallest absolute Gasteiger partial charge is 0.388 e. The van der Waals surface area contributed by atoms with Crippen LogP contribution in [0, 0.1) is 16.2 Å². The number of amides is 1. The molecule has 1 heterocycles. The fourth-order valence-electron chi connectivity index (χ4n) is 7.13. The maximum absolute atomic E-state index is 14.3. The van der Waals surface area contributed by atoms with Gasteiger partial charge in [0.2, 0.25) is 0 Å². The SMILES string of the molecule is CC1(C)CC(C)(C)CC(O)(C(C(=O)OC(=O)N2CCNCC2)(c2cccc(Cl)c2)C(C)(C)C)C1. The van der Waals surface area contributed by atoms with Crippen LogP contribution in [-0.2, 0) is 14.9 Å². The van der Waals surface area contributed by atoms with Gasteiger partial charge in [-0.2, -0.15) is 0 Å².